The number of aromatic amines is 1. The molecule has 3 rings (SSSR count). The van der Waals surface area contributed by atoms with Crippen LogP contribution in [0.4, 0.5) is 13.2 Å². The maximum absolute atomic E-state index is 12.9. The largest absolute Gasteiger partial charge is 0.480 e. The van der Waals surface area contributed by atoms with Crippen molar-refractivity contribution >= 4 is 5.97 Å². The standard InChI is InChI=1S/C18H19F3N2O4/c19-18(20,21)13-3-1-2-11(6-13)7-14-8-12(15-9-16(24)22-27-15)4-5-23(14)10-17(25)26/h1-3,6,9,12,14H,4-5,7-8,10H2,(H,22,24)(H,25,26). The third-order valence-corrected chi connectivity index (χ3v) is 4.85. The van der Waals surface area contributed by atoms with Crippen molar-refractivity contribution in [3.05, 3.63) is 57.6 Å². The Balaban J connectivity index is 1.81. The van der Waals surface area contributed by atoms with Gasteiger partial charge in [-0.05, 0) is 37.4 Å². The summed E-state index contributed by atoms with van der Waals surface area (Å²) in [6.45, 7) is 0.267. The lowest BCUT2D eigenvalue weighted by molar-refractivity contribution is -0.139. The van der Waals surface area contributed by atoms with Gasteiger partial charge >= 0.3 is 12.1 Å². The van der Waals surface area contributed by atoms with Gasteiger partial charge in [0.1, 0.15) is 5.76 Å². The highest BCUT2D eigenvalue weighted by atomic mass is 19.4. The maximum atomic E-state index is 12.9. The van der Waals surface area contributed by atoms with Crippen LogP contribution < -0.4 is 5.56 Å². The van der Waals surface area contributed by atoms with Gasteiger partial charge in [0.05, 0.1) is 12.1 Å². The predicted octanol–water partition coefficient (Wildman–Crippen LogP) is 2.86. The van der Waals surface area contributed by atoms with Crippen molar-refractivity contribution in [2.45, 2.75) is 37.4 Å². The summed E-state index contributed by atoms with van der Waals surface area (Å²) in [6.07, 6.45) is -3.06. The minimum atomic E-state index is -4.43. The van der Waals surface area contributed by atoms with Gasteiger partial charge in [-0.15, -0.1) is 0 Å². The van der Waals surface area contributed by atoms with Gasteiger partial charge in [-0.3, -0.25) is 14.5 Å². The summed E-state index contributed by atoms with van der Waals surface area (Å²) in [5.74, 6) is -0.593. The van der Waals surface area contributed by atoms with E-state index in [0.717, 1.165) is 12.1 Å². The Morgan fingerprint density at radius 1 is 1.33 bits per heavy atom. The molecular formula is C18H19F3N2O4. The van der Waals surface area contributed by atoms with Crippen LogP contribution in [-0.4, -0.2) is 40.3 Å². The van der Waals surface area contributed by atoms with Gasteiger partial charge in [-0.2, -0.15) is 18.3 Å². The van der Waals surface area contributed by atoms with E-state index in [-0.39, 0.29) is 30.5 Å². The van der Waals surface area contributed by atoms with Gasteiger partial charge in [0.15, 0.2) is 0 Å². The van der Waals surface area contributed by atoms with Crippen molar-refractivity contribution in [1.29, 1.82) is 0 Å². The number of nitrogens with one attached hydrogen (secondary N) is 1. The maximum Gasteiger partial charge on any atom is 0.416 e. The molecule has 27 heavy (non-hydrogen) atoms. The molecule has 1 fully saturated rings. The highest BCUT2D eigenvalue weighted by Crippen LogP contribution is 2.34. The second-order valence-electron chi connectivity index (χ2n) is 6.76. The summed E-state index contributed by atoms with van der Waals surface area (Å²) in [4.78, 5) is 24.2. The normalized spacial score (nSPS) is 21.3. The molecular weight excluding hydrogens is 365 g/mol. The molecule has 1 saturated heterocycles. The molecule has 1 aromatic carbocycles. The van der Waals surface area contributed by atoms with E-state index in [9.17, 15) is 22.8 Å². The third-order valence-electron chi connectivity index (χ3n) is 4.85. The quantitative estimate of drug-likeness (QED) is 0.828. The Morgan fingerprint density at radius 2 is 2.11 bits per heavy atom. The molecule has 1 aromatic heterocycles. The summed E-state index contributed by atoms with van der Waals surface area (Å²) in [6, 6.07) is 6.15. The Hall–Kier alpha value is -2.55. The van der Waals surface area contributed by atoms with Crippen LogP contribution in [-0.2, 0) is 17.4 Å². The number of aromatic nitrogens is 1. The van der Waals surface area contributed by atoms with E-state index in [1.807, 2.05) is 0 Å². The summed E-state index contributed by atoms with van der Waals surface area (Å²) in [5.41, 5.74) is -0.595. The number of carboxylic acid groups (broad SMARTS) is 1. The summed E-state index contributed by atoms with van der Waals surface area (Å²) in [7, 11) is 0. The fraction of sp³-hybridized carbons (Fsp3) is 0.444. The molecule has 0 bridgehead atoms. The van der Waals surface area contributed by atoms with Crippen LogP contribution in [0.25, 0.3) is 0 Å². The number of H-pyrrole nitrogens is 1. The minimum absolute atomic E-state index is 0.0928. The van der Waals surface area contributed by atoms with Crippen LogP contribution in [0.2, 0.25) is 0 Å². The number of carbonyl (C=O) groups is 1. The van der Waals surface area contributed by atoms with Gasteiger partial charge in [0.25, 0.3) is 5.56 Å². The van der Waals surface area contributed by atoms with Crippen molar-refractivity contribution in [3.63, 3.8) is 0 Å². The van der Waals surface area contributed by atoms with E-state index < -0.39 is 17.7 Å². The molecule has 1 aliphatic rings. The predicted molar refractivity (Wildman–Crippen MR) is 89.4 cm³/mol. The van der Waals surface area contributed by atoms with Crippen molar-refractivity contribution in [2.24, 2.45) is 0 Å². The van der Waals surface area contributed by atoms with Gasteiger partial charge in [-0.25, -0.2) is 0 Å². The van der Waals surface area contributed by atoms with Crippen molar-refractivity contribution < 1.29 is 27.6 Å². The zero-order valence-corrected chi connectivity index (χ0v) is 14.3. The molecule has 2 atom stereocenters. The number of rotatable bonds is 5. The van der Waals surface area contributed by atoms with Crippen LogP contribution >= 0.6 is 0 Å². The van der Waals surface area contributed by atoms with Crippen molar-refractivity contribution in [3.8, 4) is 0 Å². The molecule has 6 nitrogen and oxygen atoms in total. The van der Waals surface area contributed by atoms with E-state index in [4.69, 9.17) is 9.63 Å². The van der Waals surface area contributed by atoms with Gasteiger partial charge in [-0.1, -0.05) is 18.2 Å². The van der Waals surface area contributed by atoms with E-state index >= 15 is 0 Å². The number of hydrogen-bond donors (Lipinski definition) is 2. The molecule has 2 unspecified atom stereocenters. The van der Waals surface area contributed by atoms with Crippen LogP contribution in [0.3, 0.4) is 0 Å². The topological polar surface area (TPSA) is 86.5 Å². The summed E-state index contributed by atoms with van der Waals surface area (Å²) in [5, 5.41) is 11.4. The average Bonchev–Trinajstić information content (AvgIpc) is 3.02. The summed E-state index contributed by atoms with van der Waals surface area (Å²) >= 11 is 0. The Labute approximate surface area is 152 Å². The van der Waals surface area contributed by atoms with Crippen molar-refractivity contribution in [1.82, 2.24) is 10.1 Å². The number of likely N-dealkylation sites (tertiary alicyclic amines) is 1. The third kappa shape index (κ3) is 4.79. The van der Waals surface area contributed by atoms with Gasteiger partial charge in [0, 0.05) is 18.0 Å². The molecule has 2 N–H and O–H groups in total. The smallest absolute Gasteiger partial charge is 0.416 e. The fourth-order valence-electron chi connectivity index (χ4n) is 3.60. The zero-order chi connectivity index (χ0) is 19.6. The van der Waals surface area contributed by atoms with Crippen LogP contribution in [0, 0.1) is 0 Å². The van der Waals surface area contributed by atoms with Gasteiger partial charge in [0.2, 0.25) is 0 Å². The lowest BCUT2D eigenvalue weighted by atomic mass is 9.86. The van der Waals surface area contributed by atoms with Crippen LogP contribution in [0.5, 0.6) is 0 Å². The van der Waals surface area contributed by atoms with E-state index in [2.05, 4.69) is 5.16 Å². The number of alkyl halides is 3. The molecule has 0 radical (unpaired) electrons. The number of halogens is 3. The Morgan fingerprint density at radius 3 is 2.74 bits per heavy atom. The molecule has 0 spiro atoms. The molecule has 1 aliphatic heterocycles. The van der Waals surface area contributed by atoms with Crippen LogP contribution in [0.1, 0.15) is 35.6 Å². The molecule has 9 heteroatoms. The lowest BCUT2D eigenvalue weighted by Gasteiger charge is -2.38. The number of carboxylic acids is 1. The molecule has 0 aliphatic carbocycles. The second-order valence-corrected chi connectivity index (χ2v) is 6.76. The van der Waals surface area contributed by atoms with E-state index in [1.165, 1.54) is 12.1 Å². The highest BCUT2D eigenvalue weighted by Gasteiger charge is 2.34. The van der Waals surface area contributed by atoms with E-state index in [1.54, 1.807) is 11.0 Å². The van der Waals surface area contributed by atoms with E-state index in [0.29, 0.717) is 30.7 Å². The molecule has 0 saturated carbocycles. The number of nitrogens with zero attached hydrogens (tertiary/aromatic N) is 1. The monoisotopic (exact) mass is 384 g/mol. The summed E-state index contributed by atoms with van der Waals surface area (Å²) < 4.78 is 44.0. The molecule has 146 valence electrons. The van der Waals surface area contributed by atoms with Crippen molar-refractivity contribution in [2.75, 3.05) is 13.1 Å². The SMILES string of the molecule is O=C(O)CN1CCC(c2cc(=O)[nH]o2)CC1Cc1cccc(C(F)(F)F)c1. The lowest BCUT2D eigenvalue weighted by Crippen LogP contribution is -2.45. The zero-order valence-electron chi connectivity index (χ0n) is 14.3. The second kappa shape index (κ2) is 7.59. The first-order valence-corrected chi connectivity index (χ1v) is 8.53. The number of benzene rings is 1. The minimum Gasteiger partial charge on any atom is -0.480 e. The van der Waals surface area contributed by atoms with Gasteiger partial charge < -0.3 is 9.63 Å². The Kier molecular flexibility index (Phi) is 5.41. The Bertz CT molecular complexity index is 859. The average molecular weight is 384 g/mol. The molecule has 0 amide bonds. The number of hydrogen-bond acceptors (Lipinski definition) is 4. The molecule has 2 heterocycles. The van der Waals surface area contributed by atoms with Crippen LogP contribution in [0.15, 0.2) is 39.6 Å². The number of piperidine rings is 1. The highest BCUT2D eigenvalue weighted by molar-refractivity contribution is 5.69. The first-order chi connectivity index (χ1) is 12.7. The first-order valence-electron chi connectivity index (χ1n) is 8.53. The molecule has 2 aromatic rings. The first kappa shape index (κ1) is 19.2. The number of aliphatic carboxylic acids is 1. The fourth-order valence-corrected chi connectivity index (χ4v) is 3.60.